The molecule has 28 heavy (non-hydrogen) atoms. The van der Waals surface area contributed by atoms with E-state index in [9.17, 15) is 20.1 Å². The Hall–Kier alpha value is -0.740. The van der Waals surface area contributed by atoms with Crippen LogP contribution in [0.2, 0.25) is 0 Å². The van der Waals surface area contributed by atoms with Crippen LogP contribution in [0.4, 0.5) is 0 Å². The maximum atomic E-state index is 10.7. The summed E-state index contributed by atoms with van der Waals surface area (Å²) in [5, 5.41) is 30.8. The van der Waals surface area contributed by atoms with Crippen LogP contribution in [0.15, 0.2) is 36.4 Å². The molecule has 1 heterocycles. The van der Waals surface area contributed by atoms with Crippen molar-refractivity contribution < 1.29 is 20.1 Å². The van der Waals surface area contributed by atoms with Gasteiger partial charge in [-0.15, -0.1) is 11.3 Å². The normalized spacial score (nSPS) is 26.4. The van der Waals surface area contributed by atoms with Gasteiger partial charge in [-0.05, 0) is 72.7 Å². The molecule has 1 aliphatic rings. The van der Waals surface area contributed by atoms with Crippen molar-refractivity contribution >= 4 is 39.8 Å². The first kappa shape index (κ1) is 23.5. The van der Waals surface area contributed by atoms with Gasteiger partial charge in [-0.3, -0.25) is 4.79 Å². The Morgan fingerprint density at radius 2 is 2.11 bits per heavy atom. The van der Waals surface area contributed by atoms with Crippen molar-refractivity contribution in [1.82, 2.24) is 0 Å². The van der Waals surface area contributed by atoms with Crippen molar-refractivity contribution in [3.05, 3.63) is 44.2 Å². The number of thiophene rings is 1. The number of carbonyl (C=O) groups excluding carboxylic acids is 1. The molecule has 2 rings (SSSR count). The maximum absolute atomic E-state index is 10.7. The second-order valence-corrected chi connectivity index (χ2v) is 10.4. The van der Waals surface area contributed by atoms with Crippen LogP contribution in [-0.2, 0) is 11.2 Å². The van der Waals surface area contributed by atoms with E-state index in [0.29, 0.717) is 25.7 Å². The molecule has 0 radical (unpaired) electrons. The third-order valence-electron chi connectivity index (χ3n) is 5.16. The van der Waals surface area contributed by atoms with E-state index in [-0.39, 0.29) is 17.7 Å². The number of amides is 1. The number of hydrogen-bond donors (Lipinski definition) is 4. The smallest absolute Gasteiger partial charge is 0.217 e. The molecule has 1 fully saturated rings. The zero-order valence-corrected chi connectivity index (χ0v) is 18.9. The maximum Gasteiger partial charge on any atom is 0.217 e. The van der Waals surface area contributed by atoms with E-state index in [4.69, 9.17) is 5.73 Å². The van der Waals surface area contributed by atoms with Crippen molar-refractivity contribution in [3.8, 4) is 0 Å². The Bertz CT molecular complexity index is 675. The number of rotatable bonds is 11. The molecular formula is C21H30INO4S. The predicted octanol–water partition coefficient (Wildman–Crippen LogP) is 3.16. The number of allylic oxidation sites excluding steroid dienone is 2. The number of hydrogen-bond acceptors (Lipinski definition) is 5. The second kappa shape index (κ2) is 12.1. The summed E-state index contributed by atoms with van der Waals surface area (Å²) in [4.78, 5) is 12.0. The Kier molecular flexibility index (Phi) is 10.1. The van der Waals surface area contributed by atoms with Crippen LogP contribution in [-0.4, -0.2) is 39.5 Å². The summed E-state index contributed by atoms with van der Waals surface area (Å²) in [5.41, 5.74) is 5.12. The van der Waals surface area contributed by atoms with Crippen LogP contribution >= 0.6 is 33.9 Å². The van der Waals surface area contributed by atoms with Gasteiger partial charge >= 0.3 is 0 Å². The minimum absolute atomic E-state index is 0.0651. The molecule has 7 heteroatoms. The van der Waals surface area contributed by atoms with Gasteiger partial charge in [0.2, 0.25) is 5.91 Å². The Morgan fingerprint density at radius 1 is 1.32 bits per heavy atom. The van der Waals surface area contributed by atoms with E-state index >= 15 is 0 Å². The number of aryl methyl sites for hydroxylation is 1. The van der Waals surface area contributed by atoms with Crippen LogP contribution in [0.25, 0.3) is 0 Å². The topological polar surface area (TPSA) is 104 Å². The van der Waals surface area contributed by atoms with Crippen molar-refractivity contribution in [3.63, 3.8) is 0 Å². The van der Waals surface area contributed by atoms with E-state index < -0.39 is 18.3 Å². The van der Waals surface area contributed by atoms with Crippen molar-refractivity contribution in [1.29, 1.82) is 0 Å². The summed E-state index contributed by atoms with van der Waals surface area (Å²) in [6, 6.07) is 4.16. The van der Waals surface area contributed by atoms with Crippen molar-refractivity contribution in [2.75, 3.05) is 0 Å². The van der Waals surface area contributed by atoms with Gasteiger partial charge in [-0.1, -0.05) is 24.3 Å². The zero-order valence-electron chi connectivity index (χ0n) is 15.9. The molecule has 0 bridgehead atoms. The molecule has 1 aromatic heterocycles. The molecular weight excluding hydrogens is 489 g/mol. The number of halogens is 1. The number of unbranched alkanes of at least 4 members (excludes halogenated alkanes) is 1. The van der Waals surface area contributed by atoms with Gasteiger partial charge in [0.25, 0.3) is 0 Å². The summed E-state index contributed by atoms with van der Waals surface area (Å²) < 4.78 is 1.24. The van der Waals surface area contributed by atoms with E-state index in [1.807, 2.05) is 18.2 Å². The SMILES string of the molecule is NC(=O)CCC/C=C\C[C@H]1C(O)CC(O)[C@@H]1/C=C/C(O)CCc1ccc(I)s1. The van der Waals surface area contributed by atoms with Gasteiger partial charge in [-0.25, -0.2) is 0 Å². The number of nitrogens with two attached hydrogens (primary N) is 1. The van der Waals surface area contributed by atoms with Gasteiger partial charge in [0.05, 0.1) is 21.2 Å². The van der Waals surface area contributed by atoms with E-state index in [1.165, 1.54) is 7.76 Å². The van der Waals surface area contributed by atoms with Crippen LogP contribution in [0.3, 0.4) is 0 Å². The van der Waals surface area contributed by atoms with Crippen molar-refractivity contribution in [2.24, 2.45) is 17.6 Å². The van der Waals surface area contributed by atoms with Gasteiger partial charge in [0.15, 0.2) is 0 Å². The first-order valence-corrected chi connectivity index (χ1v) is 11.7. The number of carbonyl (C=O) groups is 1. The fourth-order valence-electron chi connectivity index (χ4n) is 3.60. The molecule has 1 aromatic rings. The number of aliphatic hydroxyl groups is 3. The molecule has 1 saturated carbocycles. The molecule has 0 aliphatic heterocycles. The molecule has 5 atom stereocenters. The summed E-state index contributed by atoms with van der Waals surface area (Å²) >= 11 is 4.03. The first-order chi connectivity index (χ1) is 13.4. The lowest BCUT2D eigenvalue weighted by molar-refractivity contribution is -0.118. The highest BCUT2D eigenvalue weighted by Crippen LogP contribution is 2.36. The highest BCUT2D eigenvalue weighted by atomic mass is 127. The minimum Gasteiger partial charge on any atom is -0.393 e. The van der Waals surface area contributed by atoms with Crippen LogP contribution in [0.1, 0.15) is 43.4 Å². The van der Waals surface area contributed by atoms with Gasteiger partial charge in [-0.2, -0.15) is 0 Å². The van der Waals surface area contributed by atoms with Crippen LogP contribution in [0.5, 0.6) is 0 Å². The molecule has 1 aliphatic carbocycles. The zero-order chi connectivity index (χ0) is 20.5. The lowest BCUT2D eigenvalue weighted by atomic mass is 9.89. The third-order valence-corrected chi connectivity index (χ3v) is 7.11. The third kappa shape index (κ3) is 7.94. The first-order valence-electron chi connectivity index (χ1n) is 9.77. The van der Waals surface area contributed by atoms with E-state index in [0.717, 1.165) is 19.3 Å². The predicted molar refractivity (Wildman–Crippen MR) is 121 cm³/mol. The second-order valence-electron chi connectivity index (χ2n) is 7.37. The molecule has 3 unspecified atom stereocenters. The monoisotopic (exact) mass is 519 g/mol. The molecule has 156 valence electrons. The molecule has 0 aromatic carbocycles. The summed E-state index contributed by atoms with van der Waals surface area (Å²) in [5.74, 6) is -0.521. The standard InChI is InChI=1S/C21H30INO4S/c22-20-12-10-15(28-20)9-7-14(24)8-11-17-16(18(25)13-19(17)26)5-3-1-2-4-6-21(23)27/h1,3,8,10-12,14,16-19,24-26H,2,4-7,9,13H2,(H2,23,27)/b3-1-,11-8+/t14?,16-,17-,18?,19?/m1/s1. The van der Waals surface area contributed by atoms with Crippen LogP contribution < -0.4 is 5.73 Å². The Balaban J connectivity index is 1.81. The lowest BCUT2D eigenvalue weighted by Crippen LogP contribution is -2.20. The largest absolute Gasteiger partial charge is 0.393 e. The molecule has 5 nitrogen and oxygen atoms in total. The highest BCUT2D eigenvalue weighted by Gasteiger charge is 2.39. The van der Waals surface area contributed by atoms with Gasteiger partial charge in [0, 0.05) is 23.6 Å². The van der Waals surface area contributed by atoms with Gasteiger partial charge in [0.1, 0.15) is 0 Å². The quantitative estimate of drug-likeness (QED) is 0.205. The minimum atomic E-state index is -0.592. The molecule has 5 N–H and O–H groups in total. The Labute approximate surface area is 184 Å². The molecule has 1 amide bonds. The fourth-order valence-corrected chi connectivity index (χ4v) is 5.37. The fraction of sp³-hybridized carbons (Fsp3) is 0.571. The van der Waals surface area contributed by atoms with E-state index in [2.05, 4.69) is 34.7 Å². The molecule has 0 spiro atoms. The average molecular weight is 519 g/mol. The van der Waals surface area contributed by atoms with Crippen molar-refractivity contribution in [2.45, 2.75) is 63.3 Å². The Morgan fingerprint density at radius 3 is 2.79 bits per heavy atom. The lowest BCUT2D eigenvalue weighted by Gasteiger charge is -2.19. The average Bonchev–Trinajstić information content (AvgIpc) is 3.16. The number of aliphatic hydroxyl groups excluding tert-OH is 3. The summed E-state index contributed by atoms with van der Waals surface area (Å²) in [7, 11) is 0. The highest BCUT2D eigenvalue weighted by molar-refractivity contribution is 14.1. The van der Waals surface area contributed by atoms with Crippen LogP contribution in [0, 0.1) is 14.7 Å². The summed E-state index contributed by atoms with van der Waals surface area (Å²) in [6.07, 6.45) is 10.3. The number of primary amides is 1. The van der Waals surface area contributed by atoms with Gasteiger partial charge < -0.3 is 21.1 Å². The van der Waals surface area contributed by atoms with E-state index in [1.54, 1.807) is 17.4 Å². The summed E-state index contributed by atoms with van der Waals surface area (Å²) in [6.45, 7) is 0. The molecule has 0 saturated heterocycles.